The predicted molar refractivity (Wildman–Crippen MR) is 91.1 cm³/mol. The highest BCUT2D eigenvalue weighted by Crippen LogP contribution is 2.53. The van der Waals surface area contributed by atoms with Gasteiger partial charge in [0.2, 0.25) is 0 Å². The Balaban J connectivity index is 1.43. The molecule has 25 heavy (non-hydrogen) atoms. The minimum atomic E-state index is 0.0382. The van der Waals surface area contributed by atoms with Gasteiger partial charge in [-0.1, -0.05) is 12.8 Å². The Morgan fingerprint density at radius 1 is 1.32 bits per heavy atom. The highest BCUT2D eigenvalue weighted by Gasteiger charge is 2.51. The Morgan fingerprint density at radius 2 is 2.12 bits per heavy atom. The molecule has 2 aliphatic carbocycles. The summed E-state index contributed by atoms with van der Waals surface area (Å²) >= 11 is 0. The molecule has 7 nitrogen and oxygen atoms in total. The van der Waals surface area contributed by atoms with Crippen molar-refractivity contribution in [2.45, 2.75) is 50.4 Å². The molecule has 1 atom stereocenters. The fourth-order valence-electron chi connectivity index (χ4n) is 4.74. The number of aryl methyl sites for hydroxylation is 1. The Bertz CT molecular complexity index is 798. The van der Waals surface area contributed by atoms with Gasteiger partial charge in [-0.05, 0) is 37.2 Å². The van der Waals surface area contributed by atoms with Crippen molar-refractivity contribution in [1.82, 2.24) is 29.9 Å². The lowest BCUT2D eigenvalue weighted by molar-refractivity contribution is 0.0766. The van der Waals surface area contributed by atoms with Crippen LogP contribution in [0.3, 0.4) is 0 Å². The van der Waals surface area contributed by atoms with Crippen molar-refractivity contribution >= 4 is 5.91 Å². The van der Waals surface area contributed by atoms with Crippen LogP contribution in [0.15, 0.2) is 12.3 Å². The molecule has 0 aromatic carbocycles. The molecule has 1 saturated heterocycles. The number of aromatic nitrogens is 5. The lowest BCUT2D eigenvalue weighted by atomic mass is 9.76. The summed E-state index contributed by atoms with van der Waals surface area (Å²) in [5.74, 6) is 2.81. The van der Waals surface area contributed by atoms with Gasteiger partial charge in [-0.25, -0.2) is 4.98 Å². The molecule has 132 valence electrons. The zero-order valence-corrected chi connectivity index (χ0v) is 14.6. The first-order chi connectivity index (χ1) is 12.1. The van der Waals surface area contributed by atoms with Gasteiger partial charge in [0.25, 0.3) is 5.91 Å². The SMILES string of the molecule is Cn1ccc(C(=O)N2CC(c3nc(C4CC4)n[nH]3)C3(CCCC3)C2)n1. The quantitative estimate of drug-likeness (QED) is 0.929. The van der Waals surface area contributed by atoms with Crippen molar-refractivity contribution in [2.75, 3.05) is 13.1 Å². The van der Waals surface area contributed by atoms with E-state index in [9.17, 15) is 4.79 Å². The number of amides is 1. The molecule has 1 amide bonds. The van der Waals surface area contributed by atoms with Crippen LogP contribution in [-0.4, -0.2) is 48.9 Å². The van der Waals surface area contributed by atoms with Crippen LogP contribution >= 0.6 is 0 Å². The van der Waals surface area contributed by atoms with Crippen LogP contribution in [0.2, 0.25) is 0 Å². The number of carbonyl (C=O) groups is 1. The molecule has 2 aromatic heterocycles. The van der Waals surface area contributed by atoms with E-state index in [0.29, 0.717) is 18.2 Å². The molecule has 1 N–H and O–H groups in total. The van der Waals surface area contributed by atoms with Crippen LogP contribution in [-0.2, 0) is 7.05 Å². The third-order valence-electron chi connectivity index (χ3n) is 6.26. The van der Waals surface area contributed by atoms with E-state index in [1.165, 1.54) is 38.5 Å². The normalized spacial score (nSPS) is 25.2. The number of likely N-dealkylation sites (tertiary alicyclic amines) is 1. The van der Waals surface area contributed by atoms with Gasteiger partial charge in [-0.2, -0.15) is 10.2 Å². The van der Waals surface area contributed by atoms with Crippen LogP contribution in [0.5, 0.6) is 0 Å². The van der Waals surface area contributed by atoms with E-state index >= 15 is 0 Å². The van der Waals surface area contributed by atoms with Gasteiger partial charge in [0.15, 0.2) is 5.82 Å². The number of nitrogens with zero attached hydrogens (tertiary/aromatic N) is 5. The van der Waals surface area contributed by atoms with Crippen molar-refractivity contribution in [1.29, 1.82) is 0 Å². The standard InChI is InChI=1S/C18H24N6O/c1-23-9-6-14(22-23)17(25)24-10-13(18(11-24)7-2-3-8-18)16-19-15(20-21-16)12-4-5-12/h6,9,12-13H,2-5,7-8,10-11H2,1H3,(H,19,20,21). The number of hydrogen-bond acceptors (Lipinski definition) is 4. The van der Waals surface area contributed by atoms with E-state index in [2.05, 4.69) is 15.3 Å². The third-order valence-corrected chi connectivity index (χ3v) is 6.26. The summed E-state index contributed by atoms with van der Waals surface area (Å²) < 4.78 is 1.69. The molecular weight excluding hydrogens is 316 g/mol. The van der Waals surface area contributed by atoms with Crippen molar-refractivity contribution < 1.29 is 4.79 Å². The highest BCUT2D eigenvalue weighted by atomic mass is 16.2. The zero-order valence-electron chi connectivity index (χ0n) is 14.6. The van der Waals surface area contributed by atoms with Crippen LogP contribution in [0.4, 0.5) is 0 Å². The second kappa shape index (κ2) is 5.41. The second-order valence-electron chi connectivity index (χ2n) is 8.04. The van der Waals surface area contributed by atoms with E-state index in [-0.39, 0.29) is 17.2 Å². The Hall–Kier alpha value is -2.18. The number of nitrogens with one attached hydrogen (secondary N) is 1. The largest absolute Gasteiger partial charge is 0.336 e. The minimum absolute atomic E-state index is 0.0382. The molecule has 5 rings (SSSR count). The maximum atomic E-state index is 12.9. The van der Waals surface area contributed by atoms with Gasteiger partial charge in [0.1, 0.15) is 11.5 Å². The van der Waals surface area contributed by atoms with Gasteiger partial charge in [0, 0.05) is 38.2 Å². The van der Waals surface area contributed by atoms with Gasteiger partial charge in [-0.3, -0.25) is 14.6 Å². The maximum absolute atomic E-state index is 12.9. The van der Waals surface area contributed by atoms with E-state index in [1.54, 1.807) is 10.7 Å². The van der Waals surface area contributed by atoms with Gasteiger partial charge < -0.3 is 4.90 Å². The molecule has 2 aromatic rings. The van der Waals surface area contributed by atoms with E-state index < -0.39 is 0 Å². The molecule has 7 heteroatoms. The zero-order chi connectivity index (χ0) is 17.0. The molecule has 1 aliphatic heterocycles. The van der Waals surface area contributed by atoms with Gasteiger partial charge >= 0.3 is 0 Å². The summed E-state index contributed by atoms with van der Waals surface area (Å²) in [7, 11) is 1.84. The summed E-state index contributed by atoms with van der Waals surface area (Å²) in [5, 5.41) is 12.0. The smallest absolute Gasteiger partial charge is 0.274 e. The van der Waals surface area contributed by atoms with Crippen LogP contribution in [0, 0.1) is 5.41 Å². The first kappa shape index (κ1) is 15.1. The maximum Gasteiger partial charge on any atom is 0.274 e. The molecule has 0 radical (unpaired) electrons. The van der Waals surface area contributed by atoms with E-state index in [1.807, 2.05) is 18.1 Å². The Labute approximate surface area is 146 Å². The molecule has 2 saturated carbocycles. The van der Waals surface area contributed by atoms with Crippen molar-refractivity contribution in [3.05, 3.63) is 29.6 Å². The third kappa shape index (κ3) is 2.48. The number of aromatic amines is 1. The molecule has 1 spiro atoms. The monoisotopic (exact) mass is 340 g/mol. The topological polar surface area (TPSA) is 79.7 Å². The number of carbonyl (C=O) groups excluding carboxylic acids is 1. The fraction of sp³-hybridized carbons (Fsp3) is 0.667. The Morgan fingerprint density at radius 3 is 2.80 bits per heavy atom. The fourth-order valence-corrected chi connectivity index (χ4v) is 4.74. The number of rotatable bonds is 3. The van der Waals surface area contributed by atoms with Gasteiger partial charge in [0.05, 0.1) is 0 Å². The molecule has 1 unspecified atom stereocenters. The lowest BCUT2D eigenvalue weighted by Gasteiger charge is -2.28. The predicted octanol–water partition coefficient (Wildman–Crippen LogP) is 2.22. The highest BCUT2D eigenvalue weighted by molar-refractivity contribution is 5.92. The molecular formula is C18H24N6O. The van der Waals surface area contributed by atoms with Crippen molar-refractivity contribution in [3.63, 3.8) is 0 Å². The molecule has 0 bridgehead atoms. The molecule has 3 aliphatic rings. The Kier molecular flexibility index (Phi) is 3.27. The average molecular weight is 340 g/mol. The second-order valence-corrected chi connectivity index (χ2v) is 8.04. The van der Waals surface area contributed by atoms with Crippen LogP contribution in [0.25, 0.3) is 0 Å². The minimum Gasteiger partial charge on any atom is -0.336 e. The number of H-pyrrole nitrogens is 1. The summed E-state index contributed by atoms with van der Waals surface area (Å²) in [6.45, 7) is 1.53. The average Bonchev–Trinajstić information content (AvgIpc) is 3.05. The molecule has 3 heterocycles. The summed E-state index contributed by atoms with van der Waals surface area (Å²) in [6, 6.07) is 1.80. The van der Waals surface area contributed by atoms with E-state index in [4.69, 9.17) is 4.98 Å². The van der Waals surface area contributed by atoms with Crippen molar-refractivity contribution in [3.8, 4) is 0 Å². The van der Waals surface area contributed by atoms with Crippen LogP contribution in [0.1, 0.15) is 72.5 Å². The lowest BCUT2D eigenvalue weighted by Crippen LogP contribution is -2.31. The first-order valence-corrected chi connectivity index (χ1v) is 9.36. The molecule has 3 fully saturated rings. The van der Waals surface area contributed by atoms with Crippen LogP contribution < -0.4 is 0 Å². The summed E-state index contributed by atoms with van der Waals surface area (Å²) in [4.78, 5) is 19.7. The number of hydrogen-bond donors (Lipinski definition) is 1. The van der Waals surface area contributed by atoms with Gasteiger partial charge in [-0.15, -0.1) is 0 Å². The van der Waals surface area contributed by atoms with Crippen molar-refractivity contribution in [2.24, 2.45) is 12.5 Å². The van der Waals surface area contributed by atoms with E-state index in [0.717, 1.165) is 18.2 Å². The first-order valence-electron chi connectivity index (χ1n) is 9.36. The summed E-state index contributed by atoms with van der Waals surface area (Å²) in [5.41, 5.74) is 0.692. The summed E-state index contributed by atoms with van der Waals surface area (Å²) in [6.07, 6.45) is 9.06.